The number of aliphatic hydroxyl groups excluding tert-OH is 1. The fourth-order valence-corrected chi connectivity index (χ4v) is 3.46. The molecular formula is C25H27Cl2N3O4. The lowest BCUT2D eigenvalue weighted by Crippen LogP contribution is -2.26. The third-order valence-electron chi connectivity index (χ3n) is 4.66. The number of nitrogens with zero attached hydrogens (tertiary/aromatic N) is 2. The van der Waals surface area contributed by atoms with Crippen molar-refractivity contribution in [1.29, 1.82) is 0 Å². The Hall–Kier alpha value is -2.84. The van der Waals surface area contributed by atoms with E-state index in [2.05, 4.69) is 10.3 Å². The molecule has 0 saturated heterocycles. The monoisotopic (exact) mass is 503 g/mol. The van der Waals surface area contributed by atoms with E-state index in [1.165, 1.54) is 22.9 Å². The van der Waals surface area contributed by atoms with Crippen LogP contribution in [0.15, 0.2) is 59.5 Å². The Morgan fingerprint density at radius 3 is 2.56 bits per heavy atom. The van der Waals surface area contributed by atoms with Gasteiger partial charge in [0.15, 0.2) is 6.29 Å². The smallest absolute Gasteiger partial charge is 0.262 e. The molecule has 1 aromatic heterocycles. The van der Waals surface area contributed by atoms with E-state index in [9.17, 15) is 9.90 Å². The summed E-state index contributed by atoms with van der Waals surface area (Å²) in [4.78, 5) is 17.8. The van der Waals surface area contributed by atoms with E-state index in [1.54, 1.807) is 37.3 Å². The van der Waals surface area contributed by atoms with Crippen LogP contribution in [0.3, 0.4) is 0 Å². The predicted molar refractivity (Wildman–Crippen MR) is 136 cm³/mol. The highest BCUT2D eigenvalue weighted by Crippen LogP contribution is 2.29. The minimum atomic E-state index is -1.11. The number of nitrogens with one attached hydrogen (secondary N) is 1. The van der Waals surface area contributed by atoms with Crippen LogP contribution >= 0.6 is 23.2 Å². The average Bonchev–Trinajstić information content (AvgIpc) is 2.79. The predicted octanol–water partition coefficient (Wildman–Crippen LogP) is 5.50. The van der Waals surface area contributed by atoms with Crippen LogP contribution in [-0.2, 0) is 11.3 Å². The van der Waals surface area contributed by atoms with E-state index in [0.717, 1.165) is 5.56 Å². The maximum atomic E-state index is 13.3. The van der Waals surface area contributed by atoms with Crippen molar-refractivity contribution < 1.29 is 14.6 Å². The van der Waals surface area contributed by atoms with Gasteiger partial charge in [-0.2, -0.15) is 0 Å². The molecule has 0 spiro atoms. The maximum Gasteiger partial charge on any atom is 0.262 e. The third kappa shape index (κ3) is 7.08. The molecule has 34 heavy (non-hydrogen) atoms. The molecule has 9 heteroatoms. The van der Waals surface area contributed by atoms with E-state index >= 15 is 0 Å². The summed E-state index contributed by atoms with van der Waals surface area (Å²) < 4.78 is 12.3. The van der Waals surface area contributed by atoms with Gasteiger partial charge in [0.2, 0.25) is 5.95 Å². The number of aromatic nitrogens is 2. The molecule has 1 atom stereocenters. The number of aliphatic hydroxyl groups is 1. The molecule has 0 amide bonds. The molecule has 0 saturated carbocycles. The molecule has 1 unspecified atom stereocenters. The summed E-state index contributed by atoms with van der Waals surface area (Å²) in [6, 6.07) is 12.5. The minimum absolute atomic E-state index is 0.00984. The van der Waals surface area contributed by atoms with Crippen LogP contribution < -0.4 is 15.6 Å². The van der Waals surface area contributed by atoms with Crippen molar-refractivity contribution in [2.45, 2.75) is 39.7 Å². The van der Waals surface area contributed by atoms with Crippen molar-refractivity contribution in [1.82, 2.24) is 9.55 Å². The first-order valence-electron chi connectivity index (χ1n) is 10.8. The van der Waals surface area contributed by atoms with Crippen LogP contribution in [0.25, 0.3) is 6.08 Å². The van der Waals surface area contributed by atoms with E-state index in [-0.39, 0.29) is 18.2 Å². The lowest BCUT2D eigenvalue weighted by molar-refractivity contribution is -0.0581. The van der Waals surface area contributed by atoms with Gasteiger partial charge >= 0.3 is 0 Å². The third-order valence-corrected chi connectivity index (χ3v) is 5.20. The van der Waals surface area contributed by atoms with Crippen molar-refractivity contribution in [3.63, 3.8) is 0 Å². The van der Waals surface area contributed by atoms with Gasteiger partial charge in [0.25, 0.3) is 5.56 Å². The normalized spacial score (nSPS) is 12.3. The summed E-state index contributed by atoms with van der Waals surface area (Å²) in [6.45, 7) is 6.21. The highest BCUT2D eigenvalue weighted by Gasteiger charge is 2.12. The zero-order valence-corrected chi connectivity index (χ0v) is 20.7. The Bertz CT molecular complexity index is 1190. The lowest BCUT2D eigenvalue weighted by atomic mass is 10.2. The Kier molecular flexibility index (Phi) is 9.12. The number of hydrogen-bond acceptors (Lipinski definition) is 6. The molecule has 0 fully saturated rings. The summed E-state index contributed by atoms with van der Waals surface area (Å²) in [6.07, 6.45) is 3.21. The van der Waals surface area contributed by atoms with Gasteiger partial charge in [-0.15, -0.1) is 0 Å². The van der Waals surface area contributed by atoms with Crippen molar-refractivity contribution in [2.75, 3.05) is 11.9 Å². The van der Waals surface area contributed by atoms with Crippen molar-refractivity contribution in [3.05, 3.63) is 86.3 Å². The van der Waals surface area contributed by atoms with Gasteiger partial charge in [-0.25, -0.2) is 4.98 Å². The van der Waals surface area contributed by atoms with E-state index in [0.29, 0.717) is 39.6 Å². The van der Waals surface area contributed by atoms with Crippen LogP contribution in [0.4, 0.5) is 11.6 Å². The van der Waals surface area contributed by atoms with E-state index in [4.69, 9.17) is 32.7 Å². The molecule has 0 aliphatic rings. The average molecular weight is 504 g/mol. The Morgan fingerprint density at radius 2 is 1.91 bits per heavy atom. The van der Waals surface area contributed by atoms with Crippen LogP contribution in [0.1, 0.15) is 31.9 Å². The molecule has 3 aromatic rings. The number of anilines is 2. The first-order chi connectivity index (χ1) is 16.3. The SMILES string of the molecule is CCOC(O)/C=C/c1cnc(Nc2ccc(OC(C)C)c(Cl)c2)n(Cc2ccc(Cl)cc2)c1=O. The zero-order chi connectivity index (χ0) is 24.7. The van der Waals surface area contributed by atoms with Crippen LogP contribution in [0.5, 0.6) is 5.75 Å². The summed E-state index contributed by atoms with van der Waals surface area (Å²) >= 11 is 12.4. The fraction of sp³-hybridized carbons (Fsp3) is 0.280. The molecule has 2 N–H and O–H groups in total. The Morgan fingerprint density at radius 1 is 1.18 bits per heavy atom. The molecule has 1 heterocycles. The summed E-state index contributed by atoms with van der Waals surface area (Å²) in [5.41, 5.74) is 1.52. The molecular weight excluding hydrogens is 477 g/mol. The fourth-order valence-electron chi connectivity index (χ4n) is 3.11. The molecule has 0 aliphatic carbocycles. The van der Waals surface area contributed by atoms with Gasteiger partial charge in [0, 0.05) is 23.5 Å². The summed E-state index contributed by atoms with van der Waals surface area (Å²) in [5, 5.41) is 14.0. The van der Waals surface area contributed by atoms with Gasteiger partial charge in [0.05, 0.1) is 23.2 Å². The highest BCUT2D eigenvalue weighted by atomic mass is 35.5. The number of ether oxygens (including phenoxy) is 2. The highest BCUT2D eigenvalue weighted by molar-refractivity contribution is 6.32. The first-order valence-corrected chi connectivity index (χ1v) is 11.6. The van der Waals surface area contributed by atoms with Crippen LogP contribution in [-0.4, -0.2) is 33.7 Å². The summed E-state index contributed by atoms with van der Waals surface area (Å²) in [5.74, 6) is 0.901. The second kappa shape index (κ2) is 12.0. The zero-order valence-electron chi connectivity index (χ0n) is 19.2. The number of rotatable bonds is 10. The molecule has 0 aliphatic heterocycles. The minimum Gasteiger partial charge on any atom is -0.489 e. The van der Waals surface area contributed by atoms with Gasteiger partial charge in [-0.3, -0.25) is 9.36 Å². The van der Waals surface area contributed by atoms with Gasteiger partial charge in [0.1, 0.15) is 5.75 Å². The first kappa shape index (κ1) is 25.8. The van der Waals surface area contributed by atoms with Crippen LogP contribution in [0.2, 0.25) is 10.0 Å². The topological polar surface area (TPSA) is 85.6 Å². The molecule has 2 aromatic carbocycles. The molecule has 3 rings (SSSR count). The van der Waals surface area contributed by atoms with Crippen molar-refractivity contribution in [2.24, 2.45) is 0 Å². The van der Waals surface area contributed by atoms with Crippen molar-refractivity contribution in [3.8, 4) is 5.75 Å². The molecule has 180 valence electrons. The standard InChI is InChI=1S/C25H27Cl2N3O4/c1-4-33-23(31)12-7-18-14-28-25(29-20-10-11-22(21(27)13-20)34-16(2)3)30(24(18)32)15-17-5-8-19(26)9-6-17/h5-14,16,23,31H,4,15H2,1-3H3,(H,28,29)/b12-7+. The molecule has 0 bridgehead atoms. The second-order valence-corrected chi connectivity index (χ2v) is 8.54. The Balaban J connectivity index is 1.96. The van der Waals surface area contributed by atoms with Gasteiger partial charge < -0.3 is 19.9 Å². The Labute approximate surface area is 208 Å². The van der Waals surface area contributed by atoms with Gasteiger partial charge in [-0.05, 0) is 68.8 Å². The largest absolute Gasteiger partial charge is 0.489 e. The number of benzene rings is 2. The molecule has 0 radical (unpaired) electrons. The quantitative estimate of drug-likeness (QED) is 0.355. The van der Waals surface area contributed by atoms with E-state index in [1.807, 2.05) is 26.0 Å². The van der Waals surface area contributed by atoms with Crippen LogP contribution in [0, 0.1) is 0 Å². The van der Waals surface area contributed by atoms with Crippen molar-refractivity contribution >= 4 is 40.9 Å². The second-order valence-electron chi connectivity index (χ2n) is 7.70. The number of hydrogen-bond donors (Lipinski definition) is 2. The molecule has 7 nitrogen and oxygen atoms in total. The van der Waals surface area contributed by atoms with Gasteiger partial charge in [-0.1, -0.05) is 35.3 Å². The van der Waals surface area contributed by atoms with E-state index < -0.39 is 6.29 Å². The maximum absolute atomic E-state index is 13.3. The number of halogens is 2. The summed E-state index contributed by atoms with van der Waals surface area (Å²) in [7, 11) is 0. The lowest BCUT2D eigenvalue weighted by Gasteiger charge is -2.16.